The van der Waals surface area contributed by atoms with Crippen LogP contribution in [0, 0.1) is 6.92 Å². The number of ether oxygens (including phenoxy) is 1. The molecule has 162 valence electrons. The summed E-state index contributed by atoms with van der Waals surface area (Å²) >= 11 is 0. The minimum Gasteiger partial charge on any atom is -0.468 e. The molecule has 0 aliphatic carbocycles. The predicted octanol–water partition coefficient (Wildman–Crippen LogP) is 3.19. The molecule has 6 heteroatoms. The van der Waals surface area contributed by atoms with Crippen molar-refractivity contribution >= 4 is 16.8 Å². The third-order valence-corrected chi connectivity index (χ3v) is 5.97. The van der Waals surface area contributed by atoms with Crippen molar-refractivity contribution in [3.05, 3.63) is 71.8 Å². The van der Waals surface area contributed by atoms with Crippen molar-refractivity contribution < 1.29 is 14.6 Å². The number of hydrogen-bond acceptors (Lipinski definition) is 5. The first-order valence-corrected chi connectivity index (χ1v) is 10.7. The third-order valence-electron chi connectivity index (χ3n) is 5.97. The zero-order chi connectivity index (χ0) is 21.8. The van der Waals surface area contributed by atoms with Crippen molar-refractivity contribution in [1.82, 2.24) is 14.8 Å². The molecule has 6 nitrogen and oxygen atoms in total. The van der Waals surface area contributed by atoms with Crippen LogP contribution in [0.1, 0.15) is 23.6 Å². The van der Waals surface area contributed by atoms with Crippen LogP contribution < -0.4 is 4.74 Å². The summed E-state index contributed by atoms with van der Waals surface area (Å²) in [4.78, 5) is 21.5. The molecule has 0 saturated carbocycles. The number of fused-ring (bicyclic) bond motifs is 1. The van der Waals surface area contributed by atoms with Crippen molar-refractivity contribution in [3.63, 3.8) is 0 Å². The number of para-hydroxylation sites is 1. The first-order chi connectivity index (χ1) is 15.0. The molecule has 2 aromatic carbocycles. The van der Waals surface area contributed by atoms with Crippen molar-refractivity contribution in [1.29, 1.82) is 0 Å². The van der Waals surface area contributed by atoms with Crippen LogP contribution in [-0.4, -0.2) is 65.2 Å². The van der Waals surface area contributed by atoms with Crippen LogP contribution in [0.5, 0.6) is 5.88 Å². The van der Waals surface area contributed by atoms with Crippen molar-refractivity contribution in [2.24, 2.45) is 0 Å². The molecule has 2 atom stereocenters. The standard InChI is InChI=1S/C25H29N3O3/c1-18-14-24(26-22-11-7-6-10-21(18)22)31-17-25(30)27(2)23(19-8-4-3-5-9-19)16-28-13-12-20(29)15-28/h3-11,14,20,23,29H,12-13,15-17H2,1-2H3/t20-,23?/m0/s1. The van der Waals surface area contributed by atoms with Crippen LogP contribution in [0.3, 0.4) is 0 Å². The number of likely N-dealkylation sites (tertiary alicyclic amines) is 1. The molecule has 1 unspecified atom stereocenters. The molecule has 0 spiro atoms. The number of aryl methyl sites for hydroxylation is 1. The second kappa shape index (κ2) is 9.45. The number of likely N-dealkylation sites (N-methyl/N-ethyl adjacent to an activating group) is 1. The van der Waals surface area contributed by atoms with Crippen molar-refractivity contribution in [2.75, 3.05) is 33.3 Å². The zero-order valence-corrected chi connectivity index (χ0v) is 18.1. The molecule has 2 heterocycles. The second-order valence-corrected chi connectivity index (χ2v) is 8.22. The largest absolute Gasteiger partial charge is 0.468 e. The smallest absolute Gasteiger partial charge is 0.260 e. The number of aliphatic hydroxyl groups is 1. The van der Waals surface area contributed by atoms with Crippen LogP contribution in [0.4, 0.5) is 0 Å². The summed E-state index contributed by atoms with van der Waals surface area (Å²) in [6, 6.07) is 19.7. The van der Waals surface area contributed by atoms with E-state index in [-0.39, 0.29) is 24.7 Å². The van der Waals surface area contributed by atoms with Gasteiger partial charge in [-0.15, -0.1) is 0 Å². The predicted molar refractivity (Wildman–Crippen MR) is 121 cm³/mol. The quantitative estimate of drug-likeness (QED) is 0.637. The molecule has 1 aliphatic heterocycles. The molecule has 0 bridgehead atoms. The first-order valence-electron chi connectivity index (χ1n) is 10.7. The summed E-state index contributed by atoms with van der Waals surface area (Å²) in [7, 11) is 1.81. The van der Waals surface area contributed by atoms with E-state index in [1.165, 1.54) is 0 Å². The molecule has 1 fully saturated rings. The molecule has 31 heavy (non-hydrogen) atoms. The van der Waals surface area contributed by atoms with Gasteiger partial charge in [-0.2, -0.15) is 0 Å². The number of hydrogen-bond donors (Lipinski definition) is 1. The summed E-state index contributed by atoms with van der Waals surface area (Å²) in [6.07, 6.45) is 0.484. The van der Waals surface area contributed by atoms with Gasteiger partial charge in [0.2, 0.25) is 5.88 Å². The number of carbonyl (C=O) groups excluding carboxylic acids is 1. The van der Waals surface area contributed by atoms with Gasteiger partial charge >= 0.3 is 0 Å². The van der Waals surface area contributed by atoms with Gasteiger partial charge in [0.05, 0.1) is 17.7 Å². The van der Waals surface area contributed by atoms with Gasteiger partial charge in [-0.25, -0.2) is 4.98 Å². The van der Waals surface area contributed by atoms with E-state index in [2.05, 4.69) is 9.88 Å². The summed E-state index contributed by atoms with van der Waals surface area (Å²) in [5, 5.41) is 11.0. The summed E-state index contributed by atoms with van der Waals surface area (Å²) in [5.74, 6) is 0.345. The maximum absolute atomic E-state index is 13.0. The van der Waals surface area contributed by atoms with Gasteiger partial charge < -0.3 is 14.7 Å². The third kappa shape index (κ3) is 5.03. The fraction of sp³-hybridized carbons (Fsp3) is 0.360. The average molecular weight is 420 g/mol. The monoisotopic (exact) mass is 419 g/mol. The SMILES string of the molecule is Cc1cc(OCC(=O)N(C)C(CN2CC[C@H](O)C2)c2ccccc2)nc2ccccc12. The van der Waals surface area contributed by atoms with Gasteiger partial charge in [-0.3, -0.25) is 9.69 Å². The van der Waals surface area contributed by atoms with E-state index in [0.29, 0.717) is 19.0 Å². The van der Waals surface area contributed by atoms with E-state index in [4.69, 9.17) is 4.74 Å². The molecule has 3 aromatic rings. The molecule has 1 amide bonds. The Morgan fingerprint density at radius 1 is 1.23 bits per heavy atom. The number of benzene rings is 2. The Hall–Kier alpha value is -2.96. The molecule has 4 rings (SSSR count). The fourth-order valence-electron chi connectivity index (χ4n) is 4.15. The molecule has 1 aromatic heterocycles. The highest BCUT2D eigenvalue weighted by molar-refractivity contribution is 5.82. The Balaban J connectivity index is 1.46. The number of amides is 1. The maximum atomic E-state index is 13.0. The van der Waals surface area contributed by atoms with Crippen LogP contribution in [0.25, 0.3) is 10.9 Å². The highest BCUT2D eigenvalue weighted by Crippen LogP contribution is 2.24. The van der Waals surface area contributed by atoms with Gasteiger partial charge in [0.1, 0.15) is 0 Å². The zero-order valence-electron chi connectivity index (χ0n) is 18.1. The minimum absolute atomic E-state index is 0.0762. The van der Waals surface area contributed by atoms with Crippen molar-refractivity contribution in [2.45, 2.75) is 25.5 Å². The van der Waals surface area contributed by atoms with Gasteiger partial charge in [-0.1, -0.05) is 48.5 Å². The van der Waals surface area contributed by atoms with E-state index >= 15 is 0 Å². The van der Waals surface area contributed by atoms with Crippen molar-refractivity contribution in [3.8, 4) is 5.88 Å². The molecule has 1 aliphatic rings. The number of aromatic nitrogens is 1. The molecular weight excluding hydrogens is 390 g/mol. The highest BCUT2D eigenvalue weighted by Gasteiger charge is 2.28. The van der Waals surface area contributed by atoms with Gasteiger partial charge in [-0.05, 0) is 30.5 Å². The number of β-amino-alcohol motifs (C(OH)–C–C–N with tert-alkyl or cyclic N) is 1. The van der Waals surface area contributed by atoms with Crippen LogP contribution in [0.2, 0.25) is 0 Å². The summed E-state index contributed by atoms with van der Waals surface area (Å²) in [6.45, 7) is 4.09. The Bertz CT molecular complexity index is 1040. The molecule has 1 N–H and O–H groups in total. The average Bonchev–Trinajstić information content (AvgIpc) is 3.20. The van der Waals surface area contributed by atoms with E-state index in [1.807, 2.05) is 74.6 Å². The lowest BCUT2D eigenvalue weighted by atomic mass is 10.0. The fourth-order valence-corrected chi connectivity index (χ4v) is 4.15. The summed E-state index contributed by atoms with van der Waals surface area (Å²) < 4.78 is 5.80. The van der Waals surface area contributed by atoms with Crippen LogP contribution in [-0.2, 0) is 4.79 Å². The van der Waals surface area contributed by atoms with Gasteiger partial charge in [0.15, 0.2) is 6.61 Å². The maximum Gasteiger partial charge on any atom is 0.260 e. The number of aliphatic hydroxyl groups excluding tert-OH is 1. The van der Waals surface area contributed by atoms with Crippen LogP contribution in [0.15, 0.2) is 60.7 Å². The molecule has 1 saturated heterocycles. The number of rotatable bonds is 7. The van der Waals surface area contributed by atoms with E-state index < -0.39 is 0 Å². The number of nitrogens with zero attached hydrogens (tertiary/aromatic N) is 3. The first kappa shape index (κ1) is 21.3. The Morgan fingerprint density at radius 2 is 1.97 bits per heavy atom. The van der Waals surface area contributed by atoms with Gasteiger partial charge in [0, 0.05) is 38.1 Å². The van der Waals surface area contributed by atoms with E-state index in [0.717, 1.165) is 35.0 Å². The normalized spacial score (nSPS) is 17.6. The topological polar surface area (TPSA) is 65.9 Å². The highest BCUT2D eigenvalue weighted by atomic mass is 16.5. The van der Waals surface area contributed by atoms with E-state index in [1.54, 1.807) is 4.90 Å². The van der Waals surface area contributed by atoms with E-state index in [9.17, 15) is 9.90 Å². The summed E-state index contributed by atoms with van der Waals surface area (Å²) in [5.41, 5.74) is 2.99. The molecular formula is C25H29N3O3. The lowest BCUT2D eigenvalue weighted by molar-refractivity contribution is -0.134. The number of carbonyl (C=O) groups is 1. The van der Waals surface area contributed by atoms with Gasteiger partial charge in [0.25, 0.3) is 5.91 Å². The Kier molecular flexibility index (Phi) is 6.49. The lowest BCUT2D eigenvalue weighted by Gasteiger charge is -2.32. The number of pyridine rings is 1. The van der Waals surface area contributed by atoms with Crippen LogP contribution >= 0.6 is 0 Å². The molecule has 0 radical (unpaired) electrons. The Labute approximate surface area is 183 Å². The lowest BCUT2D eigenvalue weighted by Crippen LogP contribution is -2.41. The minimum atomic E-state index is -0.289. The Morgan fingerprint density at radius 3 is 2.71 bits per heavy atom. The second-order valence-electron chi connectivity index (χ2n) is 8.22.